The summed E-state index contributed by atoms with van der Waals surface area (Å²) in [6, 6.07) is 11.1. The van der Waals surface area contributed by atoms with E-state index in [0.29, 0.717) is 6.42 Å². The van der Waals surface area contributed by atoms with E-state index < -0.39 is 29.5 Å². The quantitative estimate of drug-likeness (QED) is 0.368. The number of ether oxygens (including phenoxy) is 2. The van der Waals surface area contributed by atoms with Gasteiger partial charge in [0.1, 0.15) is 5.60 Å². The van der Waals surface area contributed by atoms with Crippen molar-refractivity contribution in [2.75, 3.05) is 6.61 Å². The third-order valence-electron chi connectivity index (χ3n) is 5.54. The molecule has 1 atom stereocenters. The molecular formula is C25H28O8. The van der Waals surface area contributed by atoms with Crippen LogP contribution in [-0.2, 0) is 9.47 Å². The fraction of sp³-hybridized carbons (Fsp3) is 0.360. The van der Waals surface area contributed by atoms with Crippen LogP contribution in [0.1, 0.15) is 81.5 Å². The highest BCUT2D eigenvalue weighted by atomic mass is 16.6. The highest BCUT2D eigenvalue weighted by molar-refractivity contribution is 5.93. The van der Waals surface area contributed by atoms with Crippen LogP contribution in [0.15, 0.2) is 48.5 Å². The molecule has 2 aromatic carbocycles. The summed E-state index contributed by atoms with van der Waals surface area (Å²) in [6.07, 6.45) is 2.12. The van der Waals surface area contributed by atoms with Crippen LogP contribution in [0.5, 0.6) is 0 Å². The number of benzene rings is 2. The molecule has 0 aliphatic carbocycles. The number of rotatable bonds is 11. The summed E-state index contributed by atoms with van der Waals surface area (Å²) >= 11 is 0. The Morgan fingerprint density at radius 1 is 0.758 bits per heavy atom. The van der Waals surface area contributed by atoms with Crippen molar-refractivity contribution in [1.29, 1.82) is 0 Å². The van der Waals surface area contributed by atoms with Crippen molar-refractivity contribution in [2.45, 2.75) is 45.6 Å². The zero-order chi connectivity index (χ0) is 24.6. The molecule has 0 aliphatic rings. The zero-order valence-corrected chi connectivity index (χ0v) is 18.9. The molecule has 2 aromatic rings. The van der Waals surface area contributed by atoms with E-state index in [9.17, 15) is 19.2 Å². The second-order valence-electron chi connectivity index (χ2n) is 8.29. The van der Waals surface area contributed by atoms with Gasteiger partial charge in [-0.2, -0.15) is 0 Å². The van der Waals surface area contributed by atoms with Crippen molar-refractivity contribution >= 4 is 23.9 Å². The Bertz CT molecular complexity index is 990. The molecule has 2 rings (SSSR count). The first kappa shape index (κ1) is 25.6. The number of carbonyl (C=O) groups excluding carboxylic acids is 2. The zero-order valence-electron chi connectivity index (χ0n) is 18.9. The number of esters is 2. The van der Waals surface area contributed by atoms with Crippen molar-refractivity contribution < 1.29 is 38.9 Å². The fourth-order valence-corrected chi connectivity index (χ4v) is 3.04. The molecule has 0 aromatic heterocycles. The summed E-state index contributed by atoms with van der Waals surface area (Å²) in [5.74, 6) is -3.13. The third-order valence-corrected chi connectivity index (χ3v) is 5.54. The lowest BCUT2D eigenvalue weighted by atomic mass is 9.88. The monoisotopic (exact) mass is 456 g/mol. The molecule has 1 unspecified atom stereocenters. The van der Waals surface area contributed by atoms with E-state index in [1.807, 2.05) is 20.8 Å². The predicted octanol–water partition coefficient (Wildman–Crippen LogP) is 4.68. The average Bonchev–Trinajstić information content (AvgIpc) is 2.78. The number of hydrogen-bond donors (Lipinski definition) is 2. The Kier molecular flexibility index (Phi) is 8.73. The minimum absolute atomic E-state index is 0.0269. The highest BCUT2D eigenvalue weighted by Gasteiger charge is 2.30. The van der Waals surface area contributed by atoms with E-state index in [-0.39, 0.29) is 34.8 Å². The molecule has 0 bridgehead atoms. The molecule has 0 heterocycles. The maximum absolute atomic E-state index is 12.4. The molecule has 0 radical (unpaired) electrons. The van der Waals surface area contributed by atoms with Crippen LogP contribution in [0.2, 0.25) is 0 Å². The summed E-state index contributed by atoms with van der Waals surface area (Å²) in [7, 11) is 0. The summed E-state index contributed by atoms with van der Waals surface area (Å²) in [4.78, 5) is 46.2. The summed E-state index contributed by atoms with van der Waals surface area (Å²) < 4.78 is 10.9. The van der Waals surface area contributed by atoms with Gasteiger partial charge in [-0.15, -0.1) is 0 Å². The number of hydrogen-bond acceptors (Lipinski definition) is 6. The Labute approximate surface area is 192 Å². The van der Waals surface area contributed by atoms with Crippen LogP contribution in [0.4, 0.5) is 0 Å². The van der Waals surface area contributed by atoms with E-state index in [2.05, 4.69) is 0 Å². The van der Waals surface area contributed by atoms with Crippen molar-refractivity contribution in [3.8, 4) is 0 Å². The molecule has 0 spiro atoms. The van der Waals surface area contributed by atoms with Crippen LogP contribution in [0.3, 0.4) is 0 Å². The van der Waals surface area contributed by atoms with Crippen LogP contribution < -0.4 is 0 Å². The van der Waals surface area contributed by atoms with E-state index in [1.54, 1.807) is 0 Å². The van der Waals surface area contributed by atoms with Gasteiger partial charge in [-0.25, -0.2) is 19.2 Å². The van der Waals surface area contributed by atoms with E-state index in [4.69, 9.17) is 19.7 Å². The van der Waals surface area contributed by atoms with Crippen LogP contribution >= 0.6 is 0 Å². The van der Waals surface area contributed by atoms with Gasteiger partial charge < -0.3 is 19.7 Å². The van der Waals surface area contributed by atoms with Crippen LogP contribution in [0, 0.1) is 5.92 Å². The van der Waals surface area contributed by atoms with Gasteiger partial charge >= 0.3 is 23.9 Å². The van der Waals surface area contributed by atoms with Gasteiger partial charge in [-0.3, -0.25) is 0 Å². The molecule has 8 nitrogen and oxygen atoms in total. The Hall–Kier alpha value is -3.68. The van der Waals surface area contributed by atoms with Crippen LogP contribution in [-0.4, -0.2) is 46.3 Å². The number of carboxylic acids is 2. The van der Waals surface area contributed by atoms with Crippen molar-refractivity contribution in [1.82, 2.24) is 0 Å². The maximum Gasteiger partial charge on any atom is 0.338 e. The van der Waals surface area contributed by atoms with Crippen molar-refractivity contribution in [3.63, 3.8) is 0 Å². The smallest absolute Gasteiger partial charge is 0.338 e. The third kappa shape index (κ3) is 7.45. The Morgan fingerprint density at radius 2 is 1.18 bits per heavy atom. The van der Waals surface area contributed by atoms with Crippen molar-refractivity contribution in [2.24, 2.45) is 5.92 Å². The van der Waals surface area contributed by atoms with Crippen molar-refractivity contribution in [3.05, 3.63) is 70.8 Å². The molecule has 33 heavy (non-hydrogen) atoms. The number of aromatic carboxylic acids is 2. The number of carbonyl (C=O) groups is 4. The topological polar surface area (TPSA) is 127 Å². The summed E-state index contributed by atoms with van der Waals surface area (Å²) in [5.41, 5.74) is 0.0186. The Balaban J connectivity index is 1.75. The van der Waals surface area contributed by atoms with E-state index in [0.717, 1.165) is 12.8 Å². The standard InChI is InChI=1S/C25H28O8/c1-16(25(2,3)33-24(31)20-13-9-18(10-14-20)22(28)29)6-4-5-15-32-23(30)19-11-7-17(8-12-19)21(26)27/h7-14,16H,4-6,15H2,1-3H3,(H,26,27)(H,28,29). The molecule has 0 amide bonds. The Morgan fingerprint density at radius 3 is 1.64 bits per heavy atom. The van der Waals surface area contributed by atoms with Gasteiger partial charge in [0.2, 0.25) is 0 Å². The largest absolute Gasteiger partial charge is 0.478 e. The van der Waals surface area contributed by atoms with Gasteiger partial charge in [0.25, 0.3) is 0 Å². The molecule has 0 saturated carbocycles. The summed E-state index contributed by atoms with van der Waals surface area (Å²) in [6.45, 7) is 5.84. The molecular weight excluding hydrogens is 428 g/mol. The fourth-order valence-electron chi connectivity index (χ4n) is 3.04. The first-order valence-electron chi connectivity index (χ1n) is 10.6. The van der Waals surface area contributed by atoms with Crippen LogP contribution in [0.25, 0.3) is 0 Å². The van der Waals surface area contributed by atoms with Gasteiger partial charge in [0.15, 0.2) is 0 Å². The van der Waals surface area contributed by atoms with Gasteiger partial charge in [0.05, 0.1) is 28.9 Å². The van der Waals surface area contributed by atoms with Gasteiger partial charge in [-0.05, 0) is 87.6 Å². The predicted molar refractivity (Wildman–Crippen MR) is 120 cm³/mol. The molecule has 0 aliphatic heterocycles. The summed E-state index contributed by atoms with van der Waals surface area (Å²) in [5, 5.41) is 17.8. The second kappa shape index (κ2) is 11.3. The molecule has 176 valence electrons. The van der Waals surface area contributed by atoms with E-state index in [1.165, 1.54) is 48.5 Å². The second-order valence-corrected chi connectivity index (χ2v) is 8.29. The first-order chi connectivity index (χ1) is 15.5. The number of unbranched alkanes of at least 4 members (excludes halogenated alkanes) is 1. The normalized spacial score (nSPS) is 12.0. The number of carboxylic acid groups (broad SMARTS) is 2. The van der Waals surface area contributed by atoms with E-state index >= 15 is 0 Å². The lowest BCUT2D eigenvalue weighted by Crippen LogP contribution is -2.35. The molecule has 8 heteroatoms. The molecule has 2 N–H and O–H groups in total. The van der Waals surface area contributed by atoms with Gasteiger partial charge in [-0.1, -0.05) is 6.92 Å². The highest BCUT2D eigenvalue weighted by Crippen LogP contribution is 2.27. The average molecular weight is 456 g/mol. The first-order valence-corrected chi connectivity index (χ1v) is 10.6. The lowest BCUT2D eigenvalue weighted by Gasteiger charge is -2.31. The minimum Gasteiger partial charge on any atom is -0.478 e. The maximum atomic E-state index is 12.4. The minimum atomic E-state index is -1.06. The molecule has 0 saturated heterocycles. The van der Waals surface area contributed by atoms with Gasteiger partial charge in [0, 0.05) is 0 Å². The molecule has 0 fully saturated rings. The SMILES string of the molecule is CC(CCCCOC(=O)c1ccc(C(=O)O)cc1)C(C)(C)OC(=O)c1ccc(C(=O)O)cc1. The lowest BCUT2D eigenvalue weighted by molar-refractivity contribution is -0.0286.